The van der Waals surface area contributed by atoms with Gasteiger partial charge in [-0.25, -0.2) is 9.97 Å². The van der Waals surface area contributed by atoms with Crippen LogP contribution in [0.3, 0.4) is 0 Å². The molecule has 2 aromatic carbocycles. The molecule has 216 valence electrons. The van der Waals surface area contributed by atoms with Crippen LogP contribution >= 0.6 is 0 Å². The average molecular weight is 574 g/mol. The zero-order valence-electron chi connectivity index (χ0n) is 22.5. The molecular formula is C29H27N5O8. The molecule has 0 bridgehead atoms. The number of fused-ring (bicyclic) bond motifs is 2. The SMILES string of the molecule is COc1cccc2nc(C(=O)[C@H](CC(=O)O)NC(=O)[C@@H]3CCc4ncc(NC(=O)CCc5ccccc5)c(=O)n43)oc12. The van der Waals surface area contributed by atoms with Crippen molar-refractivity contribution in [2.24, 2.45) is 0 Å². The summed E-state index contributed by atoms with van der Waals surface area (Å²) in [5, 5.41) is 14.5. The molecule has 0 fully saturated rings. The van der Waals surface area contributed by atoms with Gasteiger partial charge in [-0.3, -0.25) is 28.5 Å². The second kappa shape index (κ2) is 12.0. The Hall–Kier alpha value is -5.33. The molecular weight excluding hydrogens is 546 g/mol. The maximum atomic E-state index is 13.4. The van der Waals surface area contributed by atoms with Crippen molar-refractivity contribution in [3.05, 3.63) is 82.4 Å². The molecule has 42 heavy (non-hydrogen) atoms. The topological polar surface area (TPSA) is 183 Å². The van der Waals surface area contributed by atoms with Gasteiger partial charge in [0.05, 0.1) is 19.7 Å². The second-order valence-electron chi connectivity index (χ2n) is 9.70. The Balaban J connectivity index is 1.33. The first-order valence-electron chi connectivity index (χ1n) is 13.2. The molecule has 13 heteroatoms. The molecule has 0 saturated carbocycles. The Bertz CT molecular complexity index is 1730. The van der Waals surface area contributed by atoms with E-state index in [2.05, 4.69) is 20.6 Å². The third-order valence-electron chi connectivity index (χ3n) is 6.90. The van der Waals surface area contributed by atoms with Crippen LogP contribution in [0.2, 0.25) is 0 Å². The molecule has 0 saturated heterocycles. The quantitative estimate of drug-likeness (QED) is 0.225. The zero-order chi connectivity index (χ0) is 29.8. The number of aromatic nitrogens is 3. The maximum Gasteiger partial charge on any atom is 0.305 e. The van der Waals surface area contributed by atoms with Gasteiger partial charge in [-0.1, -0.05) is 36.4 Å². The summed E-state index contributed by atoms with van der Waals surface area (Å²) in [5.74, 6) is -3.07. The van der Waals surface area contributed by atoms with E-state index in [0.29, 0.717) is 23.5 Å². The molecule has 3 heterocycles. The van der Waals surface area contributed by atoms with Crippen molar-refractivity contribution >= 4 is 40.4 Å². The fourth-order valence-electron chi connectivity index (χ4n) is 4.84. The number of rotatable bonds is 11. The van der Waals surface area contributed by atoms with Crippen LogP contribution in [0.1, 0.15) is 47.4 Å². The number of nitrogens with one attached hydrogen (secondary N) is 2. The second-order valence-corrected chi connectivity index (χ2v) is 9.70. The number of methoxy groups -OCH3 is 1. The predicted molar refractivity (Wildman–Crippen MR) is 148 cm³/mol. The monoisotopic (exact) mass is 573 g/mol. The van der Waals surface area contributed by atoms with Gasteiger partial charge in [0.15, 0.2) is 11.3 Å². The van der Waals surface area contributed by atoms with Gasteiger partial charge < -0.3 is 24.9 Å². The first-order chi connectivity index (χ1) is 20.2. The molecule has 2 aromatic heterocycles. The number of carbonyl (C=O) groups is 4. The molecule has 0 aliphatic carbocycles. The number of carbonyl (C=O) groups excluding carboxylic acids is 3. The Kier molecular flexibility index (Phi) is 8.09. The molecule has 2 amide bonds. The van der Waals surface area contributed by atoms with Crippen LogP contribution in [0.25, 0.3) is 11.1 Å². The van der Waals surface area contributed by atoms with Gasteiger partial charge in [0.1, 0.15) is 29.1 Å². The van der Waals surface area contributed by atoms with Crippen LogP contribution in [0, 0.1) is 0 Å². The van der Waals surface area contributed by atoms with Crippen molar-refractivity contribution in [2.45, 2.75) is 44.2 Å². The lowest BCUT2D eigenvalue weighted by Gasteiger charge is -2.19. The fourth-order valence-corrected chi connectivity index (χ4v) is 4.84. The summed E-state index contributed by atoms with van der Waals surface area (Å²) in [4.78, 5) is 72.4. The van der Waals surface area contributed by atoms with E-state index in [1.54, 1.807) is 18.2 Å². The van der Waals surface area contributed by atoms with Gasteiger partial charge >= 0.3 is 5.97 Å². The summed E-state index contributed by atoms with van der Waals surface area (Å²) in [5.41, 5.74) is 0.770. The molecule has 5 rings (SSSR count). The number of aryl methyl sites for hydroxylation is 2. The third kappa shape index (κ3) is 5.89. The minimum absolute atomic E-state index is 0.0879. The van der Waals surface area contributed by atoms with Crippen LogP contribution in [0.15, 0.2) is 63.9 Å². The van der Waals surface area contributed by atoms with Crippen molar-refractivity contribution in [3.63, 3.8) is 0 Å². The lowest BCUT2D eigenvalue weighted by atomic mass is 10.1. The molecule has 2 atom stereocenters. The number of Topliss-reactive ketones (excluding diaryl/α,β-unsaturated/α-hetero) is 1. The molecule has 0 unspecified atom stereocenters. The lowest BCUT2D eigenvalue weighted by Crippen LogP contribution is -2.46. The van der Waals surface area contributed by atoms with Crippen LogP contribution in [-0.4, -0.2) is 56.4 Å². The van der Waals surface area contributed by atoms with Crippen LogP contribution in [-0.2, 0) is 27.2 Å². The molecule has 1 aliphatic heterocycles. The zero-order valence-corrected chi connectivity index (χ0v) is 22.5. The third-order valence-corrected chi connectivity index (χ3v) is 6.90. The molecule has 0 spiro atoms. The number of hydrogen-bond donors (Lipinski definition) is 3. The van der Waals surface area contributed by atoms with E-state index in [4.69, 9.17) is 9.15 Å². The van der Waals surface area contributed by atoms with Crippen molar-refractivity contribution in [3.8, 4) is 5.75 Å². The number of para-hydroxylation sites is 1. The summed E-state index contributed by atoms with van der Waals surface area (Å²) < 4.78 is 11.9. The van der Waals surface area contributed by atoms with E-state index in [9.17, 15) is 29.1 Å². The summed E-state index contributed by atoms with van der Waals surface area (Å²) in [6.07, 6.45) is 1.60. The number of carboxylic acid groups (broad SMARTS) is 1. The molecule has 4 aromatic rings. The summed E-state index contributed by atoms with van der Waals surface area (Å²) in [6.45, 7) is 0. The van der Waals surface area contributed by atoms with E-state index in [-0.39, 0.29) is 36.4 Å². The molecule has 1 aliphatic rings. The van der Waals surface area contributed by atoms with Gasteiger partial charge in [-0.2, -0.15) is 0 Å². The van der Waals surface area contributed by atoms with Crippen molar-refractivity contribution in [2.75, 3.05) is 12.4 Å². The van der Waals surface area contributed by atoms with Gasteiger partial charge in [-0.15, -0.1) is 0 Å². The lowest BCUT2D eigenvalue weighted by molar-refractivity contribution is -0.137. The highest BCUT2D eigenvalue weighted by Crippen LogP contribution is 2.27. The van der Waals surface area contributed by atoms with Crippen LogP contribution in [0.5, 0.6) is 5.75 Å². The number of nitrogens with zero attached hydrogens (tertiary/aromatic N) is 3. The highest BCUT2D eigenvalue weighted by atomic mass is 16.5. The van der Waals surface area contributed by atoms with E-state index in [1.807, 2.05) is 30.3 Å². The Morgan fingerprint density at radius 1 is 1.14 bits per heavy atom. The molecule has 3 N–H and O–H groups in total. The first-order valence-corrected chi connectivity index (χ1v) is 13.2. The normalized spacial score (nSPS) is 14.6. The molecule has 13 nitrogen and oxygen atoms in total. The van der Waals surface area contributed by atoms with E-state index in [1.165, 1.54) is 13.3 Å². The number of hydrogen-bond acceptors (Lipinski definition) is 9. The number of anilines is 1. The number of aliphatic carboxylic acids is 1. The van der Waals surface area contributed by atoms with Crippen LogP contribution in [0.4, 0.5) is 5.69 Å². The average Bonchev–Trinajstić information content (AvgIpc) is 3.62. The standard InChI is InChI=1S/C29H27N5O8/c1-41-21-9-5-8-17-26(21)42-28(33-17)25(38)18(14-24(36)37)32-27(39)20-11-12-22-30-15-19(29(40)34(20)22)31-23(35)13-10-16-6-3-2-4-7-16/h2-9,15,18,20H,10-14H2,1H3,(H,31,35)(H,32,39)(H,36,37)/t18-,20-/m0/s1. The first kappa shape index (κ1) is 28.2. The summed E-state index contributed by atoms with van der Waals surface area (Å²) >= 11 is 0. The smallest absolute Gasteiger partial charge is 0.305 e. The van der Waals surface area contributed by atoms with Gasteiger partial charge in [0, 0.05) is 12.8 Å². The predicted octanol–water partition coefficient (Wildman–Crippen LogP) is 2.29. The van der Waals surface area contributed by atoms with E-state index >= 15 is 0 Å². The Labute approximate surface area is 238 Å². The highest BCUT2D eigenvalue weighted by molar-refractivity contribution is 6.02. The van der Waals surface area contributed by atoms with Gasteiger partial charge in [0.2, 0.25) is 17.6 Å². The summed E-state index contributed by atoms with van der Waals surface area (Å²) in [6, 6.07) is 11.7. The number of ether oxygens (including phenoxy) is 1. The minimum Gasteiger partial charge on any atom is -0.493 e. The number of benzene rings is 2. The summed E-state index contributed by atoms with van der Waals surface area (Å²) in [7, 11) is 1.42. The largest absolute Gasteiger partial charge is 0.493 e. The fraction of sp³-hybridized carbons (Fsp3) is 0.276. The van der Waals surface area contributed by atoms with Crippen molar-refractivity contribution in [1.29, 1.82) is 0 Å². The van der Waals surface area contributed by atoms with Crippen LogP contribution < -0.4 is 20.9 Å². The highest BCUT2D eigenvalue weighted by Gasteiger charge is 2.35. The Morgan fingerprint density at radius 3 is 2.67 bits per heavy atom. The van der Waals surface area contributed by atoms with Gasteiger partial charge in [-0.05, 0) is 30.5 Å². The van der Waals surface area contributed by atoms with Crippen molar-refractivity contribution < 1.29 is 33.4 Å². The van der Waals surface area contributed by atoms with E-state index in [0.717, 1.165) is 10.1 Å². The minimum atomic E-state index is -1.53. The van der Waals surface area contributed by atoms with E-state index < -0.39 is 47.6 Å². The number of oxazole rings is 1. The van der Waals surface area contributed by atoms with Crippen molar-refractivity contribution in [1.82, 2.24) is 19.9 Å². The molecule has 0 radical (unpaired) electrons. The number of amides is 2. The Morgan fingerprint density at radius 2 is 1.93 bits per heavy atom. The number of ketones is 1. The maximum absolute atomic E-state index is 13.4. The number of carboxylic acids is 1. The van der Waals surface area contributed by atoms with Gasteiger partial charge in [0.25, 0.3) is 11.4 Å².